The Morgan fingerprint density at radius 2 is 1.95 bits per heavy atom. The molecule has 1 aliphatic heterocycles. The molecule has 4 N–H and O–H groups in total. The van der Waals surface area contributed by atoms with Gasteiger partial charge in [-0.15, -0.1) is 0 Å². The number of hydrogen-bond donors (Lipinski definition) is 2. The van der Waals surface area contributed by atoms with Crippen LogP contribution in [0.4, 0.5) is 26.2 Å². The number of benzene rings is 1. The number of carbonyl (C=O) groups excluding carboxylic acids is 1. The minimum absolute atomic E-state index is 0.0218. The summed E-state index contributed by atoms with van der Waals surface area (Å²) in [6.45, 7) is 0.0897. The Morgan fingerprint density at radius 1 is 1.32 bits per heavy atom. The van der Waals surface area contributed by atoms with Crippen LogP contribution in [0.15, 0.2) is 18.3 Å². The molecule has 2 aromatic rings. The molecule has 0 atom stereocenters. The van der Waals surface area contributed by atoms with Crippen molar-refractivity contribution in [1.82, 2.24) is 4.98 Å². The number of fused-ring (bicyclic) bond motifs is 1. The summed E-state index contributed by atoms with van der Waals surface area (Å²) in [6, 6.07) is 2.06. The molecule has 1 aliphatic rings. The average molecular weight is 341 g/mol. The molecule has 1 aromatic carbocycles. The van der Waals surface area contributed by atoms with Crippen molar-refractivity contribution in [3.63, 3.8) is 0 Å². The molecule has 1 aromatic heterocycles. The van der Waals surface area contributed by atoms with Gasteiger partial charge in [0.05, 0.1) is 34.7 Å². The summed E-state index contributed by atoms with van der Waals surface area (Å²) in [6.07, 6.45) is 3.58. The van der Waals surface area contributed by atoms with Crippen molar-refractivity contribution in [1.29, 1.82) is 0 Å². The summed E-state index contributed by atoms with van der Waals surface area (Å²) >= 11 is 12.3. The van der Waals surface area contributed by atoms with Gasteiger partial charge < -0.3 is 11.5 Å². The number of nitrogens with zero attached hydrogens (tertiary/aromatic N) is 3. The zero-order chi connectivity index (χ0) is 16.0. The number of rotatable bonds is 1. The van der Waals surface area contributed by atoms with Crippen LogP contribution in [-0.2, 0) is 6.54 Å². The topological polar surface area (TPSA) is 88.5 Å². The van der Waals surface area contributed by atoms with Crippen LogP contribution in [0.5, 0.6) is 0 Å². The van der Waals surface area contributed by atoms with Gasteiger partial charge in [-0.3, -0.25) is 9.99 Å². The van der Waals surface area contributed by atoms with Gasteiger partial charge in [0.1, 0.15) is 5.69 Å². The molecular formula is C13H9Cl2FN5O. The molecule has 2 amide bonds. The zero-order valence-corrected chi connectivity index (χ0v) is 12.5. The lowest BCUT2D eigenvalue weighted by Crippen LogP contribution is -2.46. The quantitative estimate of drug-likeness (QED) is 0.781. The van der Waals surface area contributed by atoms with E-state index in [2.05, 4.69) is 11.2 Å². The van der Waals surface area contributed by atoms with Crippen molar-refractivity contribution >= 4 is 46.3 Å². The lowest BCUT2D eigenvalue weighted by molar-refractivity contribution is 0.253. The van der Waals surface area contributed by atoms with Gasteiger partial charge in [0.15, 0.2) is 5.82 Å². The molecule has 0 unspecified atom stereocenters. The van der Waals surface area contributed by atoms with Crippen LogP contribution < -0.4 is 21.5 Å². The van der Waals surface area contributed by atoms with E-state index >= 15 is 0 Å². The SMILES string of the molecule is NC(=O)N1c2c([c]ncc2F)CN1c1c(Cl)cc(N)cc1Cl. The Labute approximate surface area is 135 Å². The summed E-state index contributed by atoms with van der Waals surface area (Å²) in [5.41, 5.74) is 12.0. The Hall–Kier alpha value is -2.25. The van der Waals surface area contributed by atoms with Gasteiger partial charge in [0.25, 0.3) is 0 Å². The molecule has 113 valence electrons. The summed E-state index contributed by atoms with van der Waals surface area (Å²) in [4.78, 5) is 15.4. The van der Waals surface area contributed by atoms with Crippen LogP contribution in [0.2, 0.25) is 10.0 Å². The molecular weight excluding hydrogens is 332 g/mol. The number of urea groups is 1. The molecule has 0 saturated heterocycles. The maximum atomic E-state index is 14.0. The number of anilines is 3. The Bertz CT molecular complexity index is 762. The number of primary amides is 1. The molecule has 0 fully saturated rings. The number of halogens is 3. The Morgan fingerprint density at radius 3 is 2.55 bits per heavy atom. The molecule has 0 spiro atoms. The molecule has 2 heterocycles. The highest BCUT2D eigenvalue weighted by Crippen LogP contribution is 2.43. The maximum absolute atomic E-state index is 14.0. The molecule has 0 bridgehead atoms. The summed E-state index contributed by atoms with van der Waals surface area (Å²) < 4.78 is 14.0. The number of nitrogens with two attached hydrogens (primary N) is 2. The highest BCUT2D eigenvalue weighted by Gasteiger charge is 2.36. The minimum Gasteiger partial charge on any atom is -0.399 e. The van der Waals surface area contributed by atoms with Crippen molar-refractivity contribution in [3.05, 3.63) is 46.0 Å². The number of carbonyl (C=O) groups is 1. The van der Waals surface area contributed by atoms with E-state index in [1.165, 1.54) is 17.1 Å². The summed E-state index contributed by atoms with van der Waals surface area (Å²) in [5.74, 6) is -0.697. The van der Waals surface area contributed by atoms with Crippen LogP contribution in [-0.4, -0.2) is 11.0 Å². The standard InChI is InChI=1S/C13H9Cl2FN5O/c14-8-1-7(17)2-9(15)12(8)20-5-6-3-19-4-10(16)11(6)21(20)13(18)22/h1-2,4H,5,17H2,(H2,18,22). The number of aromatic nitrogens is 1. The Balaban J connectivity index is 2.18. The third kappa shape index (κ3) is 2.18. The monoisotopic (exact) mass is 340 g/mol. The molecule has 1 radical (unpaired) electrons. The van der Waals surface area contributed by atoms with Gasteiger partial charge in [0.2, 0.25) is 0 Å². The number of pyridine rings is 1. The first kappa shape index (κ1) is 14.7. The summed E-state index contributed by atoms with van der Waals surface area (Å²) in [5, 5.41) is 2.72. The number of hydrogen-bond acceptors (Lipinski definition) is 4. The van der Waals surface area contributed by atoms with Gasteiger partial charge in [-0.25, -0.2) is 9.18 Å². The second-order valence-electron chi connectivity index (χ2n) is 4.59. The molecule has 0 aliphatic carbocycles. The van der Waals surface area contributed by atoms with Crippen LogP contribution in [0.25, 0.3) is 0 Å². The fourth-order valence-electron chi connectivity index (χ4n) is 2.35. The van der Waals surface area contributed by atoms with E-state index in [9.17, 15) is 9.18 Å². The zero-order valence-electron chi connectivity index (χ0n) is 11.0. The van der Waals surface area contributed by atoms with E-state index in [1.807, 2.05) is 0 Å². The summed E-state index contributed by atoms with van der Waals surface area (Å²) in [7, 11) is 0. The maximum Gasteiger partial charge on any atom is 0.338 e. The second kappa shape index (κ2) is 5.19. The fraction of sp³-hybridized carbons (Fsp3) is 0.0769. The van der Waals surface area contributed by atoms with E-state index < -0.39 is 11.8 Å². The predicted molar refractivity (Wildman–Crippen MR) is 82.2 cm³/mol. The van der Waals surface area contributed by atoms with Crippen LogP contribution in [0.3, 0.4) is 0 Å². The normalized spacial score (nSPS) is 13.4. The van der Waals surface area contributed by atoms with E-state index in [0.29, 0.717) is 16.9 Å². The number of amides is 2. The number of hydrazine groups is 1. The molecule has 0 saturated carbocycles. The van der Waals surface area contributed by atoms with E-state index in [4.69, 9.17) is 34.7 Å². The third-order valence-corrected chi connectivity index (χ3v) is 3.73. The van der Waals surface area contributed by atoms with E-state index in [-0.39, 0.29) is 22.3 Å². The second-order valence-corrected chi connectivity index (χ2v) is 5.40. The van der Waals surface area contributed by atoms with Crippen molar-refractivity contribution in [3.8, 4) is 0 Å². The smallest absolute Gasteiger partial charge is 0.338 e. The van der Waals surface area contributed by atoms with Gasteiger partial charge in [-0.1, -0.05) is 23.2 Å². The van der Waals surface area contributed by atoms with Crippen molar-refractivity contribution in [2.75, 3.05) is 15.8 Å². The first-order valence-electron chi connectivity index (χ1n) is 6.06. The predicted octanol–water partition coefficient (Wildman–Crippen LogP) is 2.73. The van der Waals surface area contributed by atoms with E-state index in [0.717, 1.165) is 11.2 Å². The van der Waals surface area contributed by atoms with Gasteiger partial charge in [-0.2, -0.15) is 5.01 Å². The highest BCUT2D eigenvalue weighted by molar-refractivity contribution is 6.39. The molecule has 9 heteroatoms. The third-order valence-electron chi connectivity index (χ3n) is 3.16. The van der Waals surface area contributed by atoms with Crippen molar-refractivity contribution < 1.29 is 9.18 Å². The largest absolute Gasteiger partial charge is 0.399 e. The van der Waals surface area contributed by atoms with Crippen LogP contribution in [0, 0.1) is 12.0 Å². The number of nitrogen functional groups attached to an aromatic ring is 1. The van der Waals surface area contributed by atoms with E-state index in [1.54, 1.807) is 0 Å². The lowest BCUT2D eigenvalue weighted by Gasteiger charge is -2.30. The Kier molecular flexibility index (Phi) is 3.46. The molecule has 22 heavy (non-hydrogen) atoms. The van der Waals surface area contributed by atoms with Gasteiger partial charge >= 0.3 is 6.03 Å². The molecule has 3 rings (SSSR count). The van der Waals surface area contributed by atoms with Crippen molar-refractivity contribution in [2.24, 2.45) is 5.73 Å². The lowest BCUT2D eigenvalue weighted by atomic mass is 10.2. The molecule has 6 nitrogen and oxygen atoms in total. The van der Waals surface area contributed by atoms with Gasteiger partial charge in [-0.05, 0) is 12.1 Å². The van der Waals surface area contributed by atoms with Crippen LogP contribution >= 0.6 is 23.2 Å². The first-order valence-corrected chi connectivity index (χ1v) is 6.82. The van der Waals surface area contributed by atoms with Gasteiger partial charge in [0, 0.05) is 11.3 Å². The minimum atomic E-state index is -0.888. The van der Waals surface area contributed by atoms with Crippen molar-refractivity contribution in [2.45, 2.75) is 6.54 Å². The highest BCUT2D eigenvalue weighted by atomic mass is 35.5. The first-order chi connectivity index (χ1) is 10.4. The average Bonchev–Trinajstić information content (AvgIpc) is 2.78. The fourth-order valence-corrected chi connectivity index (χ4v) is 3.04. The van der Waals surface area contributed by atoms with Crippen LogP contribution in [0.1, 0.15) is 5.56 Å².